The number of rotatable bonds is 3. The zero-order valence-corrected chi connectivity index (χ0v) is 10.6. The molecular formula is C8H10BrClN2S. The minimum absolute atomic E-state index is 0.575. The second-order valence-electron chi connectivity index (χ2n) is 2.60. The van der Waals surface area contributed by atoms with E-state index in [-0.39, 0.29) is 0 Å². The van der Waals surface area contributed by atoms with E-state index in [1.165, 1.54) is 0 Å². The van der Waals surface area contributed by atoms with Crippen molar-refractivity contribution in [3.8, 4) is 0 Å². The van der Waals surface area contributed by atoms with Gasteiger partial charge < -0.3 is 4.90 Å². The molecule has 0 aliphatic carbocycles. The second kappa shape index (κ2) is 4.98. The Bertz CT molecular complexity index is 309. The van der Waals surface area contributed by atoms with E-state index in [1.807, 2.05) is 31.1 Å². The molecule has 0 atom stereocenters. The van der Waals surface area contributed by atoms with Gasteiger partial charge in [-0.3, -0.25) is 0 Å². The van der Waals surface area contributed by atoms with Crippen molar-refractivity contribution in [3.05, 3.63) is 16.1 Å². The van der Waals surface area contributed by atoms with Gasteiger partial charge in [0.05, 0.1) is 4.88 Å². The van der Waals surface area contributed by atoms with Crippen LogP contribution in [0, 0.1) is 0 Å². The van der Waals surface area contributed by atoms with Crippen LogP contribution in [0.2, 0.25) is 5.15 Å². The van der Waals surface area contributed by atoms with E-state index in [0.29, 0.717) is 5.15 Å². The van der Waals surface area contributed by atoms with Crippen molar-refractivity contribution >= 4 is 50.1 Å². The molecule has 1 aromatic heterocycles. The van der Waals surface area contributed by atoms with Crippen molar-refractivity contribution in [2.75, 3.05) is 24.3 Å². The summed E-state index contributed by atoms with van der Waals surface area (Å²) in [6.07, 6.45) is 3.97. The van der Waals surface area contributed by atoms with E-state index in [2.05, 4.69) is 20.9 Å². The van der Waals surface area contributed by atoms with Crippen molar-refractivity contribution in [1.29, 1.82) is 0 Å². The molecule has 0 unspecified atom stereocenters. The Balaban J connectivity index is 2.90. The van der Waals surface area contributed by atoms with Gasteiger partial charge in [-0.15, -0.1) is 0 Å². The van der Waals surface area contributed by atoms with Crippen LogP contribution in [0.15, 0.2) is 6.08 Å². The first-order valence-corrected chi connectivity index (χ1v) is 6.03. The van der Waals surface area contributed by atoms with Crippen molar-refractivity contribution in [2.45, 2.75) is 0 Å². The van der Waals surface area contributed by atoms with Gasteiger partial charge in [-0.1, -0.05) is 44.9 Å². The van der Waals surface area contributed by atoms with Crippen LogP contribution in [-0.4, -0.2) is 24.4 Å². The molecule has 0 radical (unpaired) electrons. The number of alkyl halides is 1. The number of thiazole rings is 1. The summed E-state index contributed by atoms with van der Waals surface area (Å²) in [6.45, 7) is 0. The van der Waals surface area contributed by atoms with Crippen LogP contribution in [0.5, 0.6) is 0 Å². The summed E-state index contributed by atoms with van der Waals surface area (Å²) >= 11 is 10.8. The highest BCUT2D eigenvalue weighted by Gasteiger charge is 2.07. The third-order valence-electron chi connectivity index (χ3n) is 1.34. The van der Waals surface area contributed by atoms with Crippen LogP contribution in [-0.2, 0) is 0 Å². The van der Waals surface area contributed by atoms with Gasteiger partial charge in [-0.05, 0) is 6.08 Å². The summed E-state index contributed by atoms with van der Waals surface area (Å²) in [5, 5.41) is 2.34. The van der Waals surface area contributed by atoms with Crippen molar-refractivity contribution in [2.24, 2.45) is 0 Å². The van der Waals surface area contributed by atoms with E-state index < -0.39 is 0 Å². The molecule has 0 saturated heterocycles. The normalized spacial score (nSPS) is 11.1. The van der Waals surface area contributed by atoms with Gasteiger partial charge in [0.2, 0.25) is 0 Å². The Kier molecular flexibility index (Phi) is 4.22. The maximum atomic E-state index is 5.93. The van der Waals surface area contributed by atoms with Crippen LogP contribution >= 0.6 is 38.9 Å². The number of allylic oxidation sites excluding steroid dienone is 1. The SMILES string of the molecule is CN(C)c1nc(Cl)c(C=CCBr)s1. The van der Waals surface area contributed by atoms with E-state index in [4.69, 9.17) is 11.6 Å². The number of aromatic nitrogens is 1. The fraction of sp³-hybridized carbons (Fsp3) is 0.375. The monoisotopic (exact) mass is 280 g/mol. The quantitative estimate of drug-likeness (QED) is 0.791. The van der Waals surface area contributed by atoms with E-state index >= 15 is 0 Å². The van der Waals surface area contributed by atoms with E-state index in [1.54, 1.807) is 11.3 Å². The van der Waals surface area contributed by atoms with Crippen LogP contribution in [0.1, 0.15) is 4.88 Å². The molecule has 1 heterocycles. The summed E-state index contributed by atoms with van der Waals surface area (Å²) in [4.78, 5) is 7.16. The summed E-state index contributed by atoms with van der Waals surface area (Å²) in [5.41, 5.74) is 0. The lowest BCUT2D eigenvalue weighted by molar-refractivity contribution is 1.10. The number of hydrogen-bond donors (Lipinski definition) is 0. The molecule has 0 saturated carbocycles. The molecule has 0 N–H and O–H groups in total. The zero-order valence-electron chi connectivity index (χ0n) is 7.42. The first kappa shape index (κ1) is 11.0. The second-order valence-corrected chi connectivity index (χ2v) is 4.62. The Morgan fingerprint density at radius 2 is 2.31 bits per heavy atom. The highest BCUT2D eigenvalue weighted by Crippen LogP contribution is 2.29. The lowest BCUT2D eigenvalue weighted by Gasteiger charge is -2.04. The minimum atomic E-state index is 0.575. The zero-order chi connectivity index (χ0) is 9.84. The summed E-state index contributed by atoms with van der Waals surface area (Å²) in [6, 6.07) is 0. The fourth-order valence-electron chi connectivity index (χ4n) is 0.748. The molecule has 0 aliphatic rings. The predicted octanol–water partition coefficient (Wildman–Crippen LogP) is 3.27. The first-order valence-electron chi connectivity index (χ1n) is 3.71. The maximum Gasteiger partial charge on any atom is 0.186 e. The average molecular weight is 282 g/mol. The first-order chi connectivity index (χ1) is 6.15. The molecule has 0 aromatic carbocycles. The van der Waals surface area contributed by atoms with Crippen LogP contribution in [0.4, 0.5) is 5.13 Å². The standard InChI is InChI=1S/C8H10BrClN2S/c1-12(2)8-11-7(10)6(13-8)4-3-5-9/h3-4H,5H2,1-2H3. The molecule has 0 amide bonds. The van der Waals surface area contributed by atoms with Gasteiger partial charge in [0, 0.05) is 19.4 Å². The Hall–Kier alpha value is -0.0600. The molecule has 2 nitrogen and oxygen atoms in total. The molecule has 1 rings (SSSR count). The van der Waals surface area contributed by atoms with Crippen LogP contribution in [0.25, 0.3) is 6.08 Å². The average Bonchev–Trinajstić information content (AvgIpc) is 2.44. The van der Waals surface area contributed by atoms with Gasteiger partial charge in [-0.2, -0.15) is 0 Å². The van der Waals surface area contributed by atoms with Gasteiger partial charge in [0.15, 0.2) is 5.13 Å². The topological polar surface area (TPSA) is 16.1 Å². The Labute approximate surface area is 95.4 Å². The fourth-order valence-corrected chi connectivity index (χ4v) is 2.05. The molecule has 72 valence electrons. The largest absolute Gasteiger partial charge is 0.354 e. The number of hydrogen-bond acceptors (Lipinski definition) is 3. The predicted molar refractivity (Wildman–Crippen MR) is 64.3 cm³/mol. The third-order valence-corrected chi connectivity index (χ3v) is 3.30. The molecular weight excluding hydrogens is 272 g/mol. The van der Waals surface area contributed by atoms with Crippen molar-refractivity contribution in [3.63, 3.8) is 0 Å². The van der Waals surface area contributed by atoms with Crippen molar-refractivity contribution < 1.29 is 0 Å². The summed E-state index contributed by atoms with van der Waals surface area (Å²) in [7, 11) is 3.90. The maximum absolute atomic E-state index is 5.93. The molecule has 0 bridgehead atoms. The Morgan fingerprint density at radius 3 is 2.77 bits per heavy atom. The smallest absolute Gasteiger partial charge is 0.186 e. The van der Waals surface area contributed by atoms with Gasteiger partial charge in [-0.25, -0.2) is 4.98 Å². The third kappa shape index (κ3) is 2.97. The lowest BCUT2D eigenvalue weighted by atomic mass is 10.5. The van der Waals surface area contributed by atoms with Crippen LogP contribution < -0.4 is 4.90 Å². The van der Waals surface area contributed by atoms with Gasteiger partial charge in [0.1, 0.15) is 5.15 Å². The molecule has 0 spiro atoms. The molecule has 0 aliphatic heterocycles. The molecule has 1 aromatic rings. The number of anilines is 1. The van der Waals surface area contributed by atoms with Crippen LogP contribution in [0.3, 0.4) is 0 Å². The highest BCUT2D eigenvalue weighted by atomic mass is 79.9. The van der Waals surface area contributed by atoms with Crippen molar-refractivity contribution in [1.82, 2.24) is 4.98 Å². The summed E-state index contributed by atoms with van der Waals surface area (Å²) in [5.74, 6) is 0. The highest BCUT2D eigenvalue weighted by molar-refractivity contribution is 9.09. The molecule has 5 heteroatoms. The number of halogens is 2. The minimum Gasteiger partial charge on any atom is -0.354 e. The van der Waals surface area contributed by atoms with Gasteiger partial charge >= 0.3 is 0 Å². The van der Waals surface area contributed by atoms with Gasteiger partial charge in [0.25, 0.3) is 0 Å². The Morgan fingerprint density at radius 1 is 1.62 bits per heavy atom. The van der Waals surface area contributed by atoms with E-state index in [0.717, 1.165) is 15.3 Å². The number of nitrogens with zero attached hydrogens (tertiary/aromatic N) is 2. The summed E-state index contributed by atoms with van der Waals surface area (Å²) < 4.78 is 0. The molecule has 0 fully saturated rings. The van der Waals surface area contributed by atoms with E-state index in [9.17, 15) is 0 Å². The lowest BCUT2D eigenvalue weighted by Crippen LogP contribution is -2.07. The molecule has 13 heavy (non-hydrogen) atoms.